The number of ether oxygens (including phenoxy) is 1. The van der Waals surface area contributed by atoms with Crippen molar-refractivity contribution in [2.24, 2.45) is 5.73 Å². The van der Waals surface area contributed by atoms with E-state index < -0.39 is 0 Å². The van der Waals surface area contributed by atoms with Crippen LogP contribution in [-0.4, -0.2) is 22.6 Å². The number of allylic oxidation sites excluding steroid dienone is 4. The first-order valence-corrected chi connectivity index (χ1v) is 8.78. The fourth-order valence-corrected chi connectivity index (χ4v) is 2.41. The lowest BCUT2D eigenvalue weighted by molar-refractivity contribution is 0.344. The molecule has 1 aromatic carbocycles. The van der Waals surface area contributed by atoms with E-state index in [0.717, 1.165) is 11.5 Å². The third-order valence-electron chi connectivity index (χ3n) is 2.83. The van der Waals surface area contributed by atoms with Crippen LogP contribution in [0, 0.1) is 0 Å². The Labute approximate surface area is 146 Å². The molecule has 0 atom stereocenters. The largest absolute Gasteiger partial charge is 0.493 e. The molecule has 0 fully saturated rings. The Kier molecular flexibility index (Phi) is 7.70. The van der Waals surface area contributed by atoms with E-state index in [1.54, 1.807) is 30.0 Å². The molecule has 0 aliphatic rings. The molecule has 6 heteroatoms. The Hall–Kier alpha value is -2.47. The maximum absolute atomic E-state index is 5.73. The molecule has 2 rings (SSSR count). The van der Waals surface area contributed by atoms with Crippen molar-refractivity contribution in [3.8, 4) is 5.75 Å². The first kappa shape index (κ1) is 17.9. The van der Waals surface area contributed by atoms with Crippen LogP contribution < -0.4 is 10.5 Å². The van der Waals surface area contributed by atoms with Crippen molar-refractivity contribution in [2.45, 2.75) is 12.7 Å². The zero-order chi connectivity index (χ0) is 17.0. The van der Waals surface area contributed by atoms with Crippen molar-refractivity contribution < 1.29 is 9.15 Å². The van der Waals surface area contributed by atoms with Gasteiger partial charge in [0, 0.05) is 17.5 Å². The third-order valence-corrected chi connectivity index (χ3v) is 3.74. The van der Waals surface area contributed by atoms with Gasteiger partial charge in [-0.2, -0.15) is 0 Å². The van der Waals surface area contributed by atoms with Crippen LogP contribution >= 0.6 is 11.8 Å². The summed E-state index contributed by atoms with van der Waals surface area (Å²) in [7, 11) is 0. The van der Waals surface area contributed by atoms with Crippen molar-refractivity contribution in [2.75, 3.05) is 12.4 Å². The quantitative estimate of drug-likeness (QED) is 0.551. The van der Waals surface area contributed by atoms with Gasteiger partial charge in [-0.25, -0.2) is 0 Å². The summed E-state index contributed by atoms with van der Waals surface area (Å²) >= 11 is 1.69. The predicted molar refractivity (Wildman–Crippen MR) is 98.5 cm³/mol. The fraction of sp³-hybridized carbons (Fsp3) is 0.222. The van der Waals surface area contributed by atoms with Crippen molar-refractivity contribution in [1.82, 2.24) is 10.2 Å². The van der Waals surface area contributed by atoms with E-state index in [2.05, 4.69) is 10.2 Å². The molecule has 126 valence electrons. The summed E-state index contributed by atoms with van der Waals surface area (Å²) in [5.74, 6) is 3.47. The second-order valence-electron chi connectivity index (χ2n) is 4.77. The van der Waals surface area contributed by atoms with Crippen LogP contribution in [0.5, 0.6) is 5.75 Å². The summed E-state index contributed by atoms with van der Waals surface area (Å²) in [6.45, 7) is 2.56. The van der Waals surface area contributed by atoms with Gasteiger partial charge in [-0.3, -0.25) is 0 Å². The van der Waals surface area contributed by atoms with E-state index in [-0.39, 0.29) is 0 Å². The van der Waals surface area contributed by atoms with Gasteiger partial charge in [-0.05, 0) is 31.2 Å². The molecule has 1 aromatic heterocycles. The molecule has 0 radical (unpaired) electrons. The Morgan fingerprint density at radius 1 is 1.29 bits per heavy atom. The first-order chi connectivity index (χ1) is 11.8. The van der Waals surface area contributed by atoms with Crippen LogP contribution in [0.25, 0.3) is 6.08 Å². The van der Waals surface area contributed by atoms with Gasteiger partial charge in [-0.15, -0.1) is 22.0 Å². The highest BCUT2D eigenvalue weighted by Gasteiger charge is 2.03. The van der Waals surface area contributed by atoms with E-state index >= 15 is 0 Å². The third kappa shape index (κ3) is 6.75. The molecule has 24 heavy (non-hydrogen) atoms. The van der Waals surface area contributed by atoms with Crippen LogP contribution in [0.2, 0.25) is 0 Å². The minimum absolute atomic E-state index is 0.468. The normalized spacial score (nSPS) is 12.3. The number of nitrogens with two attached hydrogens (primary N) is 1. The zero-order valence-electron chi connectivity index (χ0n) is 13.6. The molecule has 0 amide bonds. The molecular formula is C18H21N3O2S. The van der Waals surface area contributed by atoms with Gasteiger partial charge in [0.15, 0.2) is 0 Å². The smallest absolute Gasteiger partial charge is 0.240 e. The molecule has 5 nitrogen and oxygen atoms in total. The summed E-state index contributed by atoms with van der Waals surface area (Å²) in [6.07, 6.45) is 8.99. The van der Waals surface area contributed by atoms with E-state index in [9.17, 15) is 0 Å². The van der Waals surface area contributed by atoms with Crippen LogP contribution in [0.15, 0.2) is 64.8 Å². The molecule has 2 N–H and O–H groups in total. The minimum atomic E-state index is 0.468. The Balaban J connectivity index is 1.68. The SMILES string of the molecule is C\C=C/C(N)=C\C=C\c1nnc(CSCCOc2ccccc2)o1. The number of rotatable bonds is 9. The molecule has 0 saturated heterocycles. The van der Waals surface area contributed by atoms with E-state index in [1.807, 2.05) is 49.4 Å². The standard InChI is InChI=1S/C18H21N3O2S/c1-2-7-15(19)8-6-11-17-20-21-18(23-17)14-24-13-12-22-16-9-4-3-5-10-16/h2-11H,12-14,19H2,1H3/b7-2-,11-6+,15-8+. The predicted octanol–water partition coefficient (Wildman–Crippen LogP) is 3.81. The molecule has 0 spiro atoms. The number of benzene rings is 1. The summed E-state index contributed by atoms with van der Waals surface area (Å²) in [4.78, 5) is 0. The topological polar surface area (TPSA) is 74.2 Å². The van der Waals surface area contributed by atoms with Gasteiger partial charge in [0.2, 0.25) is 11.8 Å². The lowest BCUT2D eigenvalue weighted by Crippen LogP contribution is -2.00. The number of para-hydroxylation sites is 1. The summed E-state index contributed by atoms with van der Waals surface area (Å²) in [5.41, 5.74) is 6.40. The summed E-state index contributed by atoms with van der Waals surface area (Å²) < 4.78 is 11.2. The van der Waals surface area contributed by atoms with Crippen molar-refractivity contribution >= 4 is 17.8 Å². The van der Waals surface area contributed by atoms with Crippen molar-refractivity contribution in [3.05, 3.63) is 72.1 Å². The van der Waals surface area contributed by atoms with Crippen molar-refractivity contribution in [3.63, 3.8) is 0 Å². The molecule has 0 unspecified atom stereocenters. The van der Waals surface area contributed by atoms with E-state index in [1.165, 1.54) is 0 Å². The van der Waals surface area contributed by atoms with Crippen LogP contribution in [-0.2, 0) is 5.75 Å². The highest BCUT2D eigenvalue weighted by molar-refractivity contribution is 7.98. The maximum Gasteiger partial charge on any atom is 0.240 e. The average molecular weight is 343 g/mol. The van der Waals surface area contributed by atoms with Gasteiger partial charge in [0.25, 0.3) is 0 Å². The minimum Gasteiger partial charge on any atom is -0.493 e. The number of aromatic nitrogens is 2. The molecule has 0 aliphatic carbocycles. The molecule has 1 heterocycles. The summed E-state index contributed by atoms with van der Waals surface area (Å²) in [6, 6.07) is 9.76. The van der Waals surface area contributed by atoms with Gasteiger partial charge in [0.1, 0.15) is 5.75 Å². The monoisotopic (exact) mass is 343 g/mol. The number of thioether (sulfide) groups is 1. The number of hydrogen-bond acceptors (Lipinski definition) is 6. The van der Waals surface area contributed by atoms with Crippen LogP contribution in [0.4, 0.5) is 0 Å². The average Bonchev–Trinajstić information content (AvgIpc) is 3.03. The Morgan fingerprint density at radius 3 is 2.92 bits per heavy atom. The van der Waals surface area contributed by atoms with Crippen LogP contribution in [0.3, 0.4) is 0 Å². The van der Waals surface area contributed by atoms with Gasteiger partial charge in [-0.1, -0.05) is 30.4 Å². The van der Waals surface area contributed by atoms with Gasteiger partial charge >= 0.3 is 0 Å². The fourth-order valence-electron chi connectivity index (χ4n) is 1.78. The lowest BCUT2D eigenvalue weighted by Gasteiger charge is -2.04. The molecule has 2 aromatic rings. The van der Waals surface area contributed by atoms with Gasteiger partial charge < -0.3 is 14.9 Å². The molecule has 0 aliphatic heterocycles. The second-order valence-corrected chi connectivity index (χ2v) is 5.88. The Morgan fingerprint density at radius 2 is 2.12 bits per heavy atom. The second kappa shape index (κ2) is 10.3. The zero-order valence-corrected chi connectivity index (χ0v) is 14.4. The highest BCUT2D eigenvalue weighted by Crippen LogP contribution is 2.13. The molecular weight excluding hydrogens is 322 g/mol. The number of hydrogen-bond donors (Lipinski definition) is 1. The van der Waals surface area contributed by atoms with E-state index in [4.69, 9.17) is 14.9 Å². The molecule has 0 saturated carbocycles. The van der Waals surface area contributed by atoms with Gasteiger partial charge in [0.05, 0.1) is 12.4 Å². The molecule has 0 bridgehead atoms. The van der Waals surface area contributed by atoms with Crippen LogP contribution in [0.1, 0.15) is 18.7 Å². The highest BCUT2D eigenvalue weighted by atomic mass is 32.2. The maximum atomic E-state index is 5.73. The summed E-state index contributed by atoms with van der Waals surface area (Å²) in [5, 5.41) is 7.98. The first-order valence-electron chi connectivity index (χ1n) is 7.62. The van der Waals surface area contributed by atoms with Crippen molar-refractivity contribution in [1.29, 1.82) is 0 Å². The lowest BCUT2D eigenvalue weighted by atomic mass is 10.3. The number of nitrogens with zero attached hydrogens (tertiary/aromatic N) is 2. The Bertz CT molecular complexity index is 693. The van der Waals surface area contributed by atoms with E-state index in [0.29, 0.717) is 29.8 Å².